The Kier molecular flexibility index (Phi) is 3.67. The zero-order chi connectivity index (χ0) is 19.7. The van der Waals surface area contributed by atoms with E-state index in [1.165, 1.54) is 7.11 Å². The van der Waals surface area contributed by atoms with E-state index < -0.39 is 29.4 Å². The van der Waals surface area contributed by atoms with E-state index in [0.717, 1.165) is 21.6 Å². The van der Waals surface area contributed by atoms with Gasteiger partial charge in [-0.1, -0.05) is 24.3 Å². The van der Waals surface area contributed by atoms with Crippen LogP contribution in [-0.4, -0.2) is 49.2 Å². The number of carbonyl (C=O) groups excluding carboxylic acids is 1. The molecule has 1 aliphatic carbocycles. The summed E-state index contributed by atoms with van der Waals surface area (Å²) in [6.45, 7) is 1.90. The van der Waals surface area contributed by atoms with Gasteiger partial charge in [0.25, 0.3) is 0 Å². The number of esters is 1. The Morgan fingerprint density at radius 2 is 2.18 bits per heavy atom. The van der Waals surface area contributed by atoms with Crippen molar-refractivity contribution in [3.8, 4) is 0 Å². The highest BCUT2D eigenvalue weighted by atomic mass is 16.7. The Labute approximate surface area is 163 Å². The van der Waals surface area contributed by atoms with Crippen molar-refractivity contribution < 1.29 is 23.7 Å². The van der Waals surface area contributed by atoms with E-state index >= 15 is 0 Å². The molecule has 0 aromatic heterocycles. The second-order valence-corrected chi connectivity index (χ2v) is 8.00. The minimum absolute atomic E-state index is 0.118. The fraction of sp³-hybridized carbons (Fsp3) is 0.524. The van der Waals surface area contributed by atoms with E-state index in [9.17, 15) is 10.0 Å². The molecule has 0 amide bonds. The molecule has 1 saturated carbocycles. The molecule has 28 heavy (non-hydrogen) atoms. The smallest absolute Gasteiger partial charge is 0.310 e. The number of fused-ring (bicyclic) bond motifs is 3. The van der Waals surface area contributed by atoms with Crippen molar-refractivity contribution in [2.45, 2.75) is 43.2 Å². The van der Waals surface area contributed by atoms with Crippen LogP contribution >= 0.6 is 0 Å². The summed E-state index contributed by atoms with van der Waals surface area (Å²) in [7, 11) is 3.01. The van der Waals surface area contributed by atoms with Crippen LogP contribution in [0, 0.1) is 17.0 Å². The Bertz CT molecular complexity index is 912. The number of nitrogens with one attached hydrogen (secondary N) is 1. The van der Waals surface area contributed by atoms with E-state index in [-0.39, 0.29) is 11.9 Å². The number of benzene rings is 1. The largest absolute Gasteiger partial charge is 0.623 e. The molecule has 5 rings (SSSR count). The normalized spacial score (nSPS) is 41.5. The maximum absolute atomic E-state index is 13.2. The van der Waals surface area contributed by atoms with Crippen molar-refractivity contribution in [1.29, 1.82) is 0 Å². The summed E-state index contributed by atoms with van der Waals surface area (Å²) in [6.07, 6.45) is 3.99. The summed E-state index contributed by atoms with van der Waals surface area (Å²) >= 11 is 0. The first kappa shape index (κ1) is 17.7. The van der Waals surface area contributed by atoms with Crippen LogP contribution in [0.2, 0.25) is 0 Å². The average molecular weight is 384 g/mol. The quantitative estimate of drug-likeness (QED) is 0.478. The molecule has 7 heteroatoms. The SMILES string of the molecule is C/C=C1\C=[N+]([O-])C2CC1C(C(=O)OC)C13CC(OC)OC21Nc1ccccc13. The number of hydrogen-bond acceptors (Lipinski definition) is 6. The molecule has 1 aromatic rings. The van der Waals surface area contributed by atoms with Gasteiger partial charge in [0, 0.05) is 37.1 Å². The van der Waals surface area contributed by atoms with Crippen molar-refractivity contribution >= 4 is 17.9 Å². The van der Waals surface area contributed by atoms with Gasteiger partial charge in [-0.25, -0.2) is 4.74 Å². The first-order chi connectivity index (χ1) is 13.5. The van der Waals surface area contributed by atoms with E-state index in [2.05, 4.69) is 5.32 Å². The molecule has 2 fully saturated rings. The first-order valence-electron chi connectivity index (χ1n) is 9.65. The number of carbonyl (C=O) groups is 1. The number of rotatable bonds is 2. The highest BCUT2D eigenvalue weighted by molar-refractivity contribution is 5.85. The van der Waals surface area contributed by atoms with Crippen LogP contribution in [0.15, 0.2) is 35.9 Å². The Hall–Kier alpha value is -2.38. The second-order valence-electron chi connectivity index (χ2n) is 8.00. The summed E-state index contributed by atoms with van der Waals surface area (Å²) in [5.74, 6) is -0.882. The summed E-state index contributed by atoms with van der Waals surface area (Å²) in [6, 6.07) is 7.42. The molecule has 4 aliphatic rings. The first-order valence-corrected chi connectivity index (χ1v) is 9.65. The Morgan fingerprint density at radius 1 is 1.39 bits per heavy atom. The molecule has 6 unspecified atom stereocenters. The van der Waals surface area contributed by atoms with Gasteiger partial charge in [-0.2, -0.15) is 0 Å². The third kappa shape index (κ3) is 1.86. The van der Waals surface area contributed by atoms with E-state index in [0.29, 0.717) is 12.8 Å². The third-order valence-electron chi connectivity index (χ3n) is 7.14. The number of allylic oxidation sites excluding steroid dienone is 2. The molecule has 7 nitrogen and oxygen atoms in total. The van der Waals surface area contributed by atoms with Crippen molar-refractivity contribution in [1.82, 2.24) is 0 Å². The maximum atomic E-state index is 13.2. The third-order valence-corrected chi connectivity index (χ3v) is 7.14. The second kappa shape index (κ2) is 5.81. The zero-order valence-corrected chi connectivity index (χ0v) is 16.2. The molecule has 6 atom stereocenters. The van der Waals surface area contributed by atoms with Crippen molar-refractivity contribution in [2.24, 2.45) is 11.8 Å². The number of anilines is 1. The molecular formula is C21H24N2O5. The number of para-hydroxylation sites is 1. The Balaban J connectivity index is 1.84. The monoisotopic (exact) mass is 384 g/mol. The van der Waals surface area contributed by atoms with Gasteiger partial charge in [0.2, 0.25) is 11.8 Å². The maximum Gasteiger partial charge on any atom is 0.310 e. The van der Waals surface area contributed by atoms with Gasteiger partial charge in [-0.15, -0.1) is 0 Å². The minimum atomic E-state index is -1.05. The van der Waals surface area contributed by atoms with Crippen LogP contribution < -0.4 is 5.32 Å². The van der Waals surface area contributed by atoms with E-state index in [4.69, 9.17) is 14.2 Å². The lowest BCUT2D eigenvalue weighted by Crippen LogP contribution is -2.71. The van der Waals surface area contributed by atoms with Gasteiger partial charge >= 0.3 is 5.97 Å². The number of methoxy groups -OCH3 is 2. The predicted octanol–water partition coefficient (Wildman–Crippen LogP) is 2.16. The highest BCUT2D eigenvalue weighted by Gasteiger charge is 2.79. The van der Waals surface area contributed by atoms with Gasteiger partial charge < -0.3 is 24.7 Å². The molecule has 3 heterocycles. The van der Waals surface area contributed by atoms with Crippen LogP contribution in [0.3, 0.4) is 0 Å². The van der Waals surface area contributed by atoms with Crippen LogP contribution in [0.5, 0.6) is 0 Å². The molecule has 3 aliphatic heterocycles. The van der Waals surface area contributed by atoms with Gasteiger partial charge in [-0.05, 0) is 18.6 Å². The zero-order valence-electron chi connectivity index (χ0n) is 16.2. The van der Waals surface area contributed by atoms with Crippen LogP contribution in [0.4, 0.5) is 5.69 Å². The molecule has 1 aromatic carbocycles. The average Bonchev–Trinajstić information content (AvgIpc) is 3.19. The van der Waals surface area contributed by atoms with Crippen LogP contribution in [-0.2, 0) is 24.4 Å². The molecule has 1 N–H and O–H groups in total. The summed E-state index contributed by atoms with van der Waals surface area (Å²) in [5.41, 5.74) is 0.953. The Morgan fingerprint density at radius 3 is 2.89 bits per heavy atom. The predicted molar refractivity (Wildman–Crippen MR) is 102 cm³/mol. The van der Waals surface area contributed by atoms with Crippen LogP contribution in [0.25, 0.3) is 0 Å². The summed E-state index contributed by atoms with van der Waals surface area (Å²) in [5, 5.41) is 16.6. The number of hydroxylamine groups is 1. The van der Waals surface area contributed by atoms with Crippen molar-refractivity contribution in [3.63, 3.8) is 0 Å². The minimum Gasteiger partial charge on any atom is -0.623 e. The molecule has 148 valence electrons. The lowest BCUT2D eigenvalue weighted by molar-refractivity contribution is -0.536. The lowest BCUT2D eigenvalue weighted by Gasteiger charge is -2.53. The fourth-order valence-corrected chi connectivity index (χ4v) is 6.13. The summed E-state index contributed by atoms with van der Waals surface area (Å²) < 4.78 is 18.3. The van der Waals surface area contributed by atoms with Gasteiger partial charge in [0.1, 0.15) is 0 Å². The summed E-state index contributed by atoms with van der Waals surface area (Å²) in [4.78, 5) is 13.2. The molecule has 0 radical (unpaired) electrons. The standard InChI is InChI=1S/C21H24N2O5/c1-4-12-11-23(25)16-9-13(12)18(19(24)27-3)20-10-17(26-2)28-21(16,20)22-15-8-6-5-7-14(15)20/h4-8,11,13,16-18,22H,9-10H2,1-3H3/b12-4+. The lowest BCUT2D eigenvalue weighted by atomic mass is 9.52. The van der Waals surface area contributed by atoms with Gasteiger partial charge in [-0.3, -0.25) is 4.79 Å². The van der Waals surface area contributed by atoms with Crippen LogP contribution in [0.1, 0.15) is 25.3 Å². The molecule has 0 spiro atoms. The molecule has 2 bridgehead atoms. The number of hydrogen-bond donors (Lipinski definition) is 1. The van der Waals surface area contributed by atoms with Gasteiger partial charge in [0.15, 0.2) is 12.5 Å². The van der Waals surface area contributed by atoms with Crippen molar-refractivity contribution in [3.05, 3.63) is 46.7 Å². The van der Waals surface area contributed by atoms with E-state index in [1.54, 1.807) is 13.3 Å². The fourth-order valence-electron chi connectivity index (χ4n) is 6.13. The van der Waals surface area contributed by atoms with E-state index in [1.807, 2.05) is 37.3 Å². The number of ether oxygens (including phenoxy) is 3. The molecule has 1 saturated heterocycles. The molecular weight excluding hydrogens is 360 g/mol. The highest BCUT2D eigenvalue weighted by Crippen LogP contribution is 2.67. The van der Waals surface area contributed by atoms with Gasteiger partial charge in [0.05, 0.1) is 18.4 Å². The topological polar surface area (TPSA) is 82.9 Å². The number of nitrogens with zero attached hydrogens (tertiary/aromatic N) is 1. The van der Waals surface area contributed by atoms with Crippen molar-refractivity contribution in [2.75, 3.05) is 19.5 Å².